The topological polar surface area (TPSA) is 15.3 Å². The summed E-state index contributed by atoms with van der Waals surface area (Å²) in [5, 5.41) is 6.26. The van der Waals surface area contributed by atoms with Gasteiger partial charge in [-0.15, -0.1) is 0 Å². The van der Waals surface area contributed by atoms with Crippen molar-refractivity contribution in [1.82, 2.24) is 10.2 Å². The highest BCUT2D eigenvalue weighted by molar-refractivity contribution is 5.97. The lowest BCUT2D eigenvalue weighted by Gasteiger charge is -2.25. The van der Waals surface area contributed by atoms with Crippen molar-refractivity contribution in [3.63, 3.8) is 0 Å². The van der Waals surface area contributed by atoms with Crippen LogP contribution in [0.5, 0.6) is 0 Å². The number of hydrogen-bond acceptors (Lipinski definition) is 2. The number of fused-ring (bicyclic) bond motifs is 1. The molecule has 3 aromatic carbocycles. The molecule has 2 nitrogen and oxygen atoms in total. The fourth-order valence-corrected chi connectivity index (χ4v) is 3.59. The Balaban J connectivity index is 1.90. The molecule has 1 N–H and O–H groups in total. The van der Waals surface area contributed by atoms with Crippen LogP contribution in [0.15, 0.2) is 66.7 Å². The van der Waals surface area contributed by atoms with Crippen LogP contribution in [0.1, 0.15) is 18.7 Å². The fraction of sp³-hybridized carbons (Fsp3) is 0.238. The van der Waals surface area contributed by atoms with Crippen LogP contribution < -0.4 is 5.32 Å². The predicted octanol–water partition coefficient (Wildman–Crippen LogP) is 4.43. The zero-order chi connectivity index (χ0) is 15.8. The highest BCUT2D eigenvalue weighted by Crippen LogP contribution is 2.35. The highest BCUT2D eigenvalue weighted by atomic mass is 15.3. The molecule has 0 bridgehead atoms. The van der Waals surface area contributed by atoms with E-state index in [4.69, 9.17) is 0 Å². The van der Waals surface area contributed by atoms with Crippen molar-refractivity contribution < 1.29 is 0 Å². The zero-order valence-corrected chi connectivity index (χ0v) is 13.7. The van der Waals surface area contributed by atoms with Gasteiger partial charge in [0, 0.05) is 12.6 Å². The van der Waals surface area contributed by atoms with Gasteiger partial charge in [0.25, 0.3) is 0 Å². The number of nitrogens with zero attached hydrogens (tertiary/aromatic N) is 1. The molecule has 0 spiro atoms. The molecular formula is C21H22N2. The predicted molar refractivity (Wildman–Crippen MR) is 97.4 cm³/mol. The van der Waals surface area contributed by atoms with Crippen LogP contribution >= 0.6 is 0 Å². The third-order valence-electron chi connectivity index (χ3n) is 5.04. The molecule has 0 radical (unpaired) electrons. The molecule has 4 rings (SSSR count). The first-order valence-electron chi connectivity index (χ1n) is 8.28. The molecule has 1 aliphatic rings. The van der Waals surface area contributed by atoms with E-state index in [0.29, 0.717) is 6.04 Å². The maximum Gasteiger partial charge on any atom is 0.0867 e. The van der Waals surface area contributed by atoms with Crippen molar-refractivity contribution in [2.45, 2.75) is 19.1 Å². The summed E-state index contributed by atoms with van der Waals surface area (Å²) in [7, 11) is 2.20. The summed E-state index contributed by atoms with van der Waals surface area (Å²) in [4.78, 5) is 2.42. The largest absolute Gasteiger partial charge is 0.296 e. The second-order valence-electron chi connectivity index (χ2n) is 6.44. The van der Waals surface area contributed by atoms with Gasteiger partial charge in [-0.1, -0.05) is 66.7 Å². The second-order valence-corrected chi connectivity index (χ2v) is 6.44. The van der Waals surface area contributed by atoms with E-state index in [-0.39, 0.29) is 6.17 Å². The number of likely N-dealkylation sites (N-methyl/N-ethyl adjacent to an activating group) is 1. The Morgan fingerprint density at radius 3 is 2.39 bits per heavy atom. The van der Waals surface area contributed by atoms with Crippen molar-refractivity contribution >= 4 is 10.8 Å². The fourth-order valence-electron chi connectivity index (χ4n) is 3.59. The molecular weight excluding hydrogens is 280 g/mol. The van der Waals surface area contributed by atoms with Gasteiger partial charge >= 0.3 is 0 Å². The average molecular weight is 302 g/mol. The van der Waals surface area contributed by atoms with Crippen molar-refractivity contribution in [3.05, 3.63) is 72.3 Å². The Morgan fingerprint density at radius 2 is 1.57 bits per heavy atom. The molecule has 2 unspecified atom stereocenters. The van der Waals surface area contributed by atoms with E-state index in [9.17, 15) is 0 Å². The number of hydrogen-bond donors (Lipinski definition) is 1. The Labute approximate surface area is 137 Å². The van der Waals surface area contributed by atoms with E-state index >= 15 is 0 Å². The number of rotatable bonds is 2. The number of benzene rings is 3. The van der Waals surface area contributed by atoms with Crippen molar-refractivity contribution in [1.29, 1.82) is 0 Å². The monoisotopic (exact) mass is 302 g/mol. The first-order chi connectivity index (χ1) is 11.3. The average Bonchev–Trinajstić information content (AvgIpc) is 2.93. The van der Waals surface area contributed by atoms with Crippen molar-refractivity contribution in [3.8, 4) is 11.1 Å². The van der Waals surface area contributed by atoms with E-state index in [1.54, 1.807) is 0 Å². The standard InChI is InChI=1S/C21H22N2/c1-15-14-22-21(23(15)2)20-12-6-5-11-19(20)18-13-7-9-16-8-3-4-10-17(16)18/h3-13,15,21-22H,14H2,1-2H3. The lowest BCUT2D eigenvalue weighted by atomic mass is 9.93. The van der Waals surface area contributed by atoms with Gasteiger partial charge in [-0.25, -0.2) is 0 Å². The minimum absolute atomic E-state index is 0.278. The Hall–Kier alpha value is -2.16. The van der Waals surface area contributed by atoms with E-state index in [1.165, 1.54) is 27.5 Å². The van der Waals surface area contributed by atoms with E-state index in [2.05, 4.69) is 90.9 Å². The lowest BCUT2D eigenvalue weighted by Crippen LogP contribution is -2.27. The van der Waals surface area contributed by atoms with Gasteiger partial charge in [-0.3, -0.25) is 10.2 Å². The molecule has 0 aliphatic carbocycles. The molecule has 1 heterocycles. The van der Waals surface area contributed by atoms with E-state index in [0.717, 1.165) is 6.54 Å². The highest BCUT2D eigenvalue weighted by Gasteiger charge is 2.29. The molecule has 116 valence electrons. The quantitative estimate of drug-likeness (QED) is 0.753. The van der Waals surface area contributed by atoms with Gasteiger partial charge in [0.05, 0.1) is 6.17 Å². The maximum atomic E-state index is 3.66. The summed E-state index contributed by atoms with van der Waals surface area (Å²) in [6.45, 7) is 3.30. The first kappa shape index (κ1) is 14.4. The summed E-state index contributed by atoms with van der Waals surface area (Å²) in [5.74, 6) is 0. The smallest absolute Gasteiger partial charge is 0.0867 e. The van der Waals surface area contributed by atoms with Crippen LogP contribution in [0.25, 0.3) is 21.9 Å². The third kappa shape index (κ3) is 2.44. The molecule has 2 atom stereocenters. The molecule has 1 aliphatic heterocycles. The minimum atomic E-state index is 0.278. The summed E-state index contributed by atoms with van der Waals surface area (Å²) in [6, 6.07) is 24.5. The molecule has 0 saturated carbocycles. The van der Waals surface area contributed by atoms with Crippen LogP contribution in [-0.2, 0) is 0 Å². The molecule has 0 amide bonds. The summed E-state index contributed by atoms with van der Waals surface area (Å²) in [5.41, 5.74) is 3.99. The van der Waals surface area contributed by atoms with Gasteiger partial charge in [-0.05, 0) is 41.4 Å². The summed E-state index contributed by atoms with van der Waals surface area (Å²) < 4.78 is 0. The molecule has 1 fully saturated rings. The second kappa shape index (κ2) is 5.80. The van der Waals surface area contributed by atoms with Gasteiger partial charge in [0.15, 0.2) is 0 Å². The van der Waals surface area contributed by atoms with Crippen molar-refractivity contribution in [2.24, 2.45) is 0 Å². The van der Waals surface area contributed by atoms with Crippen LogP contribution in [0.3, 0.4) is 0 Å². The van der Waals surface area contributed by atoms with Crippen LogP contribution in [0.2, 0.25) is 0 Å². The summed E-state index contributed by atoms with van der Waals surface area (Å²) >= 11 is 0. The third-order valence-corrected chi connectivity index (χ3v) is 5.04. The minimum Gasteiger partial charge on any atom is -0.296 e. The Bertz CT molecular complexity index is 835. The van der Waals surface area contributed by atoms with Gasteiger partial charge < -0.3 is 0 Å². The normalized spacial score (nSPS) is 21.8. The van der Waals surface area contributed by atoms with E-state index in [1.807, 2.05) is 0 Å². The van der Waals surface area contributed by atoms with Crippen LogP contribution in [-0.4, -0.2) is 24.5 Å². The lowest BCUT2D eigenvalue weighted by molar-refractivity contribution is 0.250. The first-order valence-corrected chi connectivity index (χ1v) is 8.28. The van der Waals surface area contributed by atoms with E-state index < -0.39 is 0 Å². The molecule has 0 aromatic heterocycles. The Morgan fingerprint density at radius 1 is 0.870 bits per heavy atom. The van der Waals surface area contributed by atoms with Gasteiger partial charge in [0.2, 0.25) is 0 Å². The van der Waals surface area contributed by atoms with Crippen LogP contribution in [0, 0.1) is 0 Å². The van der Waals surface area contributed by atoms with Gasteiger partial charge in [0.1, 0.15) is 0 Å². The zero-order valence-electron chi connectivity index (χ0n) is 13.7. The maximum absolute atomic E-state index is 3.66. The van der Waals surface area contributed by atoms with Crippen molar-refractivity contribution in [2.75, 3.05) is 13.6 Å². The number of nitrogens with one attached hydrogen (secondary N) is 1. The van der Waals surface area contributed by atoms with Gasteiger partial charge in [-0.2, -0.15) is 0 Å². The molecule has 1 saturated heterocycles. The van der Waals surface area contributed by atoms with Crippen LogP contribution in [0.4, 0.5) is 0 Å². The molecule has 2 heteroatoms. The molecule has 3 aromatic rings. The molecule has 23 heavy (non-hydrogen) atoms. The summed E-state index contributed by atoms with van der Waals surface area (Å²) in [6.07, 6.45) is 0.278. The SMILES string of the molecule is CC1CNC(c2ccccc2-c2cccc3ccccc23)N1C. The Kier molecular flexibility index (Phi) is 3.64.